The van der Waals surface area contributed by atoms with Gasteiger partial charge in [-0.05, 0) is 51.9 Å². The molecule has 1 atom stereocenters. The van der Waals surface area contributed by atoms with Crippen LogP contribution >= 0.6 is 0 Å². The molecule has 0 aromatic carbocycles. The van der Waals surface area contributed by atoms with Crippen LogP contribution < -0.4 is 5.32 Å². The van der Waals surface area contributed by atoms with Crippen molar-refractivity contribution in [2.45, 2.75) is 110 Å². The van der Waals surface area contributed by atoms with Crippen LogP contribution in [-0.2, 0) is 4.79 Å². The number of hydrogen-bond acceptors (Lipinski definition) is 1. The van der Waals surface area contributed by atoms with Crippen molar-refractivity contribution in [3.63, 3.8) is 0 Å². The summed E-state index contributed by atoms with van der Waals surface area (Å²) < 4.78 is 0. The lowest BCUT2D eigenvalue weighted by Crippen LogP contribution is -2.32. The lowest BCUT2D eigenvalue weighted by Gasteiger charge is -2.12. The van der Waals surface area contributed by atoms with Gasteiger partial charge in [0.15, 0.2) is 0 Å². The highest BCUT2D eigenvalue weighted by atomic mass is 16.1. The monoisotopic (exact) mass is 361 g/mol. The fourth-order valence-corrected chi connectivity index (χ4v) is 2.89. The van der Waals surface area contributed by atoms with Gasteiger partial charge in [0, 0.05) is 12.5 Å². The van der Waals surface area contributed by atoms with Crippen molar-refractivity contribution >= 4 is 5.91 Å². The van der Waals surface area contributed by atoms with Crippen molar-refractivity contribution < 1.29 is 4.79 Å². The van der Waals surface area contributed by atoms with Crippen LogP contribution in [0.2, 0.25) is 0 Å². The highest BCUT2D eigenvalue weighted by Gasteiger charge is 2.06. The van der Waals surface area contributed by atoms with Crippen molar-refractivity contribution in [2.75, 3.05) is 0 Å². The van der Waals surface area contributed by atoms with E-state index in [4.69, 9.17) is 0 Å². The maximum absolute atomic E-state index is 11.9. The maximum Gasteiger partial charge on any atom is 0.220 e. The molecule has 0 aliphatic carbocycles. The zero-order valence-electron chi connectivity index (χ0n) is 17.6. The van der Waals surface area contributed by atoms with Crippen LogP contribution in [0.25, 0.3) is 0 Å². The molecule has 0 aliphatic heterocycles. The molecule has 0 aromatic rings. The van der Waals surface area contributed by atoms with Crippen LogP contribution in [0, 0.1) is 0 Å². The summed E-state index contributed by atoms with van der Waals surface area (Å²) in [7, 11) is 0. The molecule has 0 aliphatic rings. The van der Waals surface area contributed by atoms with E-state index in [0.717, 1.165) is 25.7 Å². The second-order valence-corrected chi connectivity index (χ2v) is 7.09. The fourth-order valence-electron chi connectivity index (χ4n) is 2.89. The van der Waals surface area contributed by atoms with Gasteiger partial charge in [0.2, 0.25) is 5.91 Å². The number of amides is 1. The quantitative estimate of drug-likeness (QED) is 0.214. The third-order valence-electron chi connectivity index (χ3n) is 4.57. The van der Waals surface area contributed by atoms with E-state index in [1.54, 1.807) is 0 Å². The van der Waals surface area contributed by atoms with Crippen molar-refractivity contribution in [2.24, 2.45) is 0 Å². The van der Waals surface area contributed by atoms with Crippen LogP contribution in [0.5, 0.6) is 0 Å². The minimum Gasteiger partial charge on any atom is -0.350 e. The molecule has 2 nitrogen and oxygen atoms in total. The summed E-state index contributed by atoms with van der Waals surface area (Å²) in [4.78, 5) is 11.9. The standard InChI is InChI=1S/C24H43NO/c1-4-7-8-9-10-11-12-13-14-15-16-17-18-19-20-22-24(26)25-23(6-3)21-5-2/h5,10-11,13-14,21,23H,4,6-9,12,15-20,22H2,1-3H3,(H,25,26)/b11-10-,14-13-,21-5?. The second kappa shape index (κ2) is 20.0. The molecule has 0 bridgehead atoms. The molecule has 1 unspecified atom stereocenters. The Hall–Kier alpha value is -1.31. The molecule has 1 amide bonds. The maximum atomic E-state index is 11.9. The molecular formula is C24H43NO. The predicted octanol–water partition coefficient (Wildman–Crippen LogP) is 7.27. The summed E-state index contributed by atoms with van der Waals surface area (Å²) in [5.74, 6) is 0.195. The van der Waals surface area contributed by atoms with Gasteiger partial charge >= 0.3 is 0 Å². The molecule has 0 spiro atoms. The van der Waals surface area contributed by atoms with E-state index < -0.39 is 0 Å². The Balaban J connectivity index is 3.42. The lowest BCUT2D eigenvalue weighted by atomic mass is 10.1. The first-order valence-corrected chi connectivity index (χ1v) is 11.0. The average Bonchev–Trinajstić information content (AvgIpc) is 2.64. The Morgan fingerprint density at radius 1 is 0.846 bits per heavy atom. The Kier molecular flexibility index (Phi) is 19.0. The minimum atomic E-state index is 0.195. The number of unbranched alkanes of at least 4 members (excludes halogenated alkanes) is 8. The molecule has 1 N–H and O–H groups in total. The van der Waals surface area contributed by atoms with Crippen LogP contribution in [-0.4, -0.2) is 11.9 Å². The lowest BCUT2D eigenvalue weighted by molar-refractivity contribution is -0.121. The summed E-state index contributed by atoms with van der Waals surface area (Å²) in [6.07, 6.45) is 28.3. The Bertz CT molecular complexity index is 395. The van der Waals surface area contributed by atoms with Gasteiger partial charge in [-0.15, -0.1) is 0 Å². The number of rotatable bonds is 17. The Labute approximate surface area is 163 Å². The summed E-state index contributed by atoms with van der Waals surface area (Å²) in [6.45, 7) is 6.34. The summed E-state index contributed by atoms with van der Waals surface area (Å²) in [5, 5.41) is 3.08. The minimum absolute atomic E-state index is 0.195. The van der Waals surface area contributed by atoms with Crippen molar-refractivity contribution in [1.29, 1.82) is 0 Å². The molecule has 2 heteroatoms. The molecule has 0 saturated heterocycles. The number of carbonyl (C=O) groups excluding carboxylic acids is 1. The first kappa shape index (κ1) is 24.7. The average molecular weight is 362 g/mol. The molecule has 0 heterocycles. The zero-order chi connectivity index (χ0) is 19.3. The van der Waals surface area contributed by atoms with Gasteiger partial charge in [-0.3, -0.25) is 4.79 Å². The number of carbonyl (C=O) groups is 1. The van der Waals surface area contributed by atoms with Crippen LogP contribution in [0.4, 0.5) is 0 Å². The van der Waals surface area contributed by atoms with E-state index in [2.05, 4.69) is 49.5 Å². The molecule has 26 heavy (non-hydrogen) atoms. The van der Waals surface area contributed by atoms with E-state index in [-0.39, 0.29) is 11.9 Å². The first-order valence-electron chi connectivity index (χ1n) is 11.0. The van der Waals surface area contributed by atoms with E-state index in [1.807, 2.05) is 13.0 Å². The number of nitrogens with one attached hydrogen (secondary N) is 1. The van der Waals surface area contributed by atoms with Crippen LogP contribution in [0.3, 0.4) is 0 Å². The smallest absolute Gasteiger partial charge is 0.220 e. The molecule has 0 rings (SSSR count). The second-order valence-electron chi connectivity index (χ2n) is 7.09. The highest BCUT2D eigenvalue weighted by molar-refractivity contribution is 5.76. The topological polar surface area (TPSA) is 29.1 Å². The number of hydrogen-bond donors (Lipinski definition) is 1. The Morgan fingerprint density at radius 2 is 1.46 bits per heavy atom. The van der Waals surface area contributed by atoms with E-state index in [1.165, 1.54) is 51.4 Å². The van der Waals surface area contributed by atoms with Gasteiger partial charge in [-0.1, -0.05) is 82.4 Å². The molecular weight excluding hydrogens is 318 g/mol. The van der Waals surface area contributed by atoms with E-state index >= 15 is 0 Å². The summed E-state index contributed by atoms with van der Waals surface area (Å²) >= 11 is 0. The van der Waals surface area contributed by atoms with Gasteiger partial charge < -0.3 is 5.32 Å². The van der Waals surface area contributed by atoms with Crippen LogP contribution in [0.1, 0.15) is 104 Å². The van der Waals surface area contributed by atoms with E-state index in [0.29, 0.717) is 6.42 Å². The molecule has 0 saturated carbocycles. The first-order chi connectivity index (χ1) is 12.7. The molecule has 0 aromatic heterocycles. The summed E-state index contributed by atoms with van der Waals surface area (Å²) in [6, 6.07) is 0.200. The molecule has 0 fully saturated rings. The third-order valence-corrected chi connectivity index (χ3v) is 4.57. The van der Waals surface area contributed by atoms with E-state index in [9.17, 15) is 4.79 Å². The van der Waals surface area contributed by atoms with Crippen molar-refractivity contribution in [1.82, 2.24) is 5.32 Å². The van der Waals surface area contributed by atoms with Gasteiger partial charge in [-0.2, -0.15) is 0 Å². The van der Waals surface area contributed by atoms with Crippen molar-refractivity contribution in [3.8, 4) is 0 Å². The van der Waals surface area contributed by atoms with Gasteiger partial charge in [0.1, 0.15) is 0 Å². The summed E-state index contributed by atoms with van der Waals surface area (Å²) in [5.41, 5.74) is 0. The molecule has 150 valence electrons. The predicted molar refractivity (Wildman–Crippen MR) is 116 cm³/mol. The largest absolute Gasteiger partial charge is 0.350 e. The fraction of sp³-hybridized carbons (Fsp3) is 0.708. The number of allylic oxidation sites excluding steroid dienone is 5. The van der Waals surface area contributed by atoms with Crippen LogP contribution in [0.15, 0.2) is 36.5 Å². The molecule has 0 radical (unpaired) electrons. The Morgan fingerprint density at radius 3 is 2.08 bits per heavy atom. The van der Waals surface area contributed by atoms with Gasteiger partial charge in [-0.25, -0.2) is 0 Å². The SMILES string of the molecule is CC=CC(CC)NC(=O)CCCCCCC/C=C\C/C=C\CCCCC. The van der Waals surface area contributed by atoms with Gasteiger partial charge in [0.25, 0.3) is 0 Å². The zero-order valence-corrected chi connectivity index (χ0v) is 17.6. The third kappa shape index (κ3) is 17.5. The van der Waals surface area contributed by atoms with Gasteiger partial charge in [0.05, 0.1) is 0 Å². The highest BCUT2D eigenvalue weighted by Crippen LogP contribution is 2.08. The van der Waals surface area contributed by atoms with Crippen molar-refractivity contribution in [3.05, 3.63) is 36.5 Å². The normalized spacial score (nSPS) is 13.2.